The minimum Gasteiger partial charge on any atom is -0.362 e. The first-order chi connectivity index (χ1) is 12.4. The molecule has 2 heterocycles. The SMILES string of the molecule is Cc1ccc(S(=O)(=O)N2CCC(Nc3ncccc3[N+](=O)[O-])CC2)cc1. The van der Waals surface area contributed by atoms with E-state index in [1.54, 1.807) is 24.3 Å². The molecule has 0 spiro atoms. The summed E-state index contributed by atoms with van der Waals surface area (Å²) in [6.45, 7) is 2.62. The maximum Gasteiger partial charge on any atom is 0.311 e. The highest BCUT2D eigenvalue weighted by Gasteiger charge is 2.30. The molecule has 26 heavy (non-hydrogen) atoms. The number of hydrogen-bond donors (Lipinski definition) is 1. The van der Waals surface area contributed by atoms with Crippen LogP contribution in [0.5, 0.6) is 0 Å². The largest absolute Gasteiger partial charge is 0.362 e. The lowest BCUT2D eigenvalue weighted by atomic mass is 10.1. The van der Waals surface area contributed by atoms with Gasteiger partial charge in [-0.15, -0.1) is 0 Å². The minimum atomic E-state index is -3.51. The van der Waals surface area contributed by atoms with Crippen LogP contribution in [-0.2, 0) is 10.0 Å². The van der Waals surface area contributed by atoms with Gasteiger partial charge in [-0.05, 0) is 38.0 Å². The third-order valence-corrected chi connectivity index (χ3v) is 6.35. The molecule has 0 saturated carbocycles. The predicted molar refractivity (Wildman–Crippen MR) is 97.5 cm³/mol. The lowest BCUT2D eigenvalue weighted by Crippen LogP contribution is -2.42. The van der Waals surface area contributed by atoms with Gasteiger partial charge >= 0.3 is 5.69 Å². The molecule has 0 amide bonds. The molecule has 0 bridgehead atoms. The van der Waals surface area contributed by atoms with Gasteiger partial charge in [-0.1, -0.05) is 17.7 Å². The van der Waals surface area contributed by atoms with Crippen molar-refractivity contribution in [3.8, 4) is 0 Å². The van der Waals surface area contributed by atoms with Gasteiger partial charge in [-0.25, -0.2) is 13.4 Å². The van der Waals surface area contributed by atoms with Gasteiger partial charge in [0.1, 0.15) is 0 Å². The number of anilines is 1. The van der Waals surface area contributed by atoms with E-state index in [0.29, 0.717) is 25.9 Å². The summed E-state index contributed by atoms with van der Waals surface area (Å²) in [5, 5.41) is 14.1. The highest BCUT2D eigenvalue weighted by atomic mass is 32.2. The number of sulfonamides is 1. The van der Waals surface area contributed by atoms with E-state index >= 15 is 0 Å². The van der Waals surface area contributed by atoms with E-state index in [-0.39, 0.29) is 22.4 Å². The number of nitrogens with one attached hydrogen (secondary N) is 1. The number of piperidine rings is 1. The second-order valence-corrected chi connectivity index (χ2v) is 8.20. The summed E-state index contributed by atoms with van der Waals surface area (Å²) in [4.78, 5) is 14.9. The second kappa shape index (κ2) is 7.38. The van der Waals surface area contributed by atoms with Crippen molar-refractivity contribution >= 4 is 21.5 Å². The fourth-order valence-electron chi connectivity index (χ4n) is 2.95. The average molecular weight is 376 g/mol. The number of benzene rings is 1. The molecule has 2 aromatic rings. The van der Waals surface area contributed by atoms with E-state index in [9.17, 15) is 18.5 Å². The van der Waals surface area contributed by atoms with Crippen LogP contribution in [0.2, 0.25) is 0 Å². The number of hydrogen-bond acceptors (Lipinski definition) is 6. The molecule has 1 N–H and O–H groups in total. The fraction of sp³-hybridized carbons (Fsp3) is 0.353. The Bertz CT molecular complexity index is 891. The van der Waals surface area contributed by atoms with Gasteiger partial charge in [-0.3, -0.25) is 10.1 Å². The Labute approximate surface area is 152 Å². The van der Waals surface area contributed by atoms with Crippen LogP contribution >= 0.6 is 0 Å². The molecule has 0 radical (unpaired) electrons. The van der Waals surface area contributed by atoms with Crippen LogP contribution in [-0.4, -0.2) is 41.8 Å². The summed E-state index contributed by atoms with van der Waals surface area (Å²) in [7, 11) is -3.51. The second-order valence-electron chi connectivity index (χ2n) is 6.26. The van der Waals surface area contributed by atoms with Gasteiger partial charge in [0.05, 0.1) is 9.82 Å². The Morgan fingerprint density at radius 3 is 2.46 bits per heavy atom. The van der Waals surface area contributed by atoms with Crippen molar-refractivity contribution in [1.82, 2.24) is 9.29 Å². The number of aryl methyl sites for hydroxylation is 1. The summed E-state index contributed by atoms with van der Waals surface area (Å²) in [5.74, 6) is 0.220. The van der Waals surface area contributed by atoms with Gasteiger partial charge in [0.2, 0.25) is 15.8 Å². The van der Waals surface area contributed by atoms with Crippen LogP contribution in [0.3, 0.4) is 0 Å². The Morgan fingerprint density at radius 2 is 1.85 bits per heavy atom. The van der Waals surface area contributed by atoms with E-state index in [4.69, 9.17) is 0 Å². The van der Waals surface area contributed by atoms with Crippen molar-refractivity contribution in [1.29, 1.82) is 0 Å². The summed E-state index contributed by atoms with van der Waals surface area (Å²) >= 11 is 0. The molecule has 1 aliphatic heterocycles. The van der Waals surface area contributed by atoms with E-state index in [0.717, 1.165) is 5.56 Å². The van der Waals surface area contributed by atoms with Crippen LogP contribution < -0.4 is 5.32 Å². The van der Waals surface area contributed by atoms with E-state index in [1.807, 2.05) is 6.92 Å². The first-order valence-corrected chi connectivity index (χ1v) is 9.74. The number of aromatic nitrogens is 1. The molecule has 1 fully saturated rings. The van der Waals surface area contributed by atoms with Crippen molar-refractivity contribution in [2.75, 3.05) is 18.4 Å². The maximum atomic E-state index is 12.7. The molecule has 1 saturated heterocycles. The van der Waals surface area contributed by atoms with Crippen LogP contribution in [0.15, 0.2) is 47.5 Å². The van der Waals surface area contributed by atoms with Gasteiger partial charge in [0.15, 0.2) is 0 Å². The third-order valence-electron chi connectivity index (χ3n) is 4.44. The Balaban J connectivity index is 1.66. The monoisotopic (exact) mass is 376 g/mol. The smallest absolute Gasteiger partial charge is 0.311 e. The van der Waals surface area contributed by atoms with Crippen molar-refractivity contribution < 1.29 is 13.3 Å². The van der Waals surface area contributed by atoms with Gasteiger partial charge in [-0.2, -0.15) is 4.31 Å². The fourth-order valence-corrected chi connectivity index (χ4v) is 4.42. The quantitative estimate of drug-likeness (QED) is 0.635. The zero-order valence-corrected chi connectivity index (χ0v) is 15.1. The molecule has 0 unspecified atom stereocenters. The molecular weight excluding hydrogens is 356 g/mol. The molecular formula is C17H20N4O4S. The van der Waals surface area contributed by atoms with E-state index < -0.39 is 14.9 Å². The van der Waals surface area contributed by atoms with Crippen LogP contribution in [0.1, 0.15) is 18.4 Å². The first-order valence-electron chi connectivity index (χ1n) is 8.30. The molecule has 9 heteroatoms. The number of rotatable bonds is 5. The first kappa shape index (κ1) is 18.3. The molecule has 0 aliphatic carbocycles. The zero-order valence-electron chi connectivity index (χ0n) is 14.3. The van der Waals surface area contributed by atoms with Crippen molar-refractivity contribution in [2.45, 2.75) is 30.7 Å². The zero-order chi connectivity index (χ0) is 18.7. The van der Waals surface area contributed by atoms with Gasteiger partial charge < -0.3 is 5.32 Å². The third kappa shape index (κ3) is 3.83. The van der Waals surface area contributed by atoms with Crippen LogP contribution in [0.4, 0.5) is 11.5 Å². The highest BCUT2D eigenvalue weighted by Crippen LogP contribution is 2.26. The van der Waals surface area contributed by atoms with Crippen LogP contribution in [0.25, 0.3) is 0 Å². The maximum absolute atomic E-state index is 12.7. The normalized spacial score (nSPS) is 16.3. The lowest BCUT2D eigenvalue weighted by Gasteiger charge is -2.31. The topological polar surface area (TPSA) is 105 Å². The van der Waals surface area contributed by atoms with Crippen molar-refractivity contribution in [2.24, 2.45) is 0 Å². The average Bonchev–Trinajstić information content (AvgIpc) is 2.63. The number of pyridine rings is 1. The van der Waals surface area contributed by atoms with Crippen LogP contribution in [0, 0.1) is 17.0 Å². The van der Waals surface area contributed by atoms with Crippen molar-refractivity contribution in [3.63, 3.8) is 0 Å². The van der Waals surface area contributed by atoms with Gasteiger partial charge in [0.25, 0.3) is 0 Å². The molecule has 8 nitrogen and oxygen atoms in total. The summed E-state index contributed by atoms with van der Waals surface area (Å²) in [5.41, 5.74) is 0.922. The van der Waals surface area contributed by atoms with Crippen molar-refractivity contribution in [3.05, 3.63) is 58.3 Å². The summed E-state index contributed by atoms with van der Waals surface area (Å²) in [6.07, 6.45) is 2.60. The number of nitro groups is 1. The van der Waals surface area contributed by atoms with E-state index in [2.05, 4.69) is 10.3 Å². The van der Waals surface area contributed by atoms with Gasteiger partial charge in [0, 0.05) is 31.4 Å². The Morgan fingerprint density at radius 1 is 1.19 bits per heavy atom. The predicted octanol–water partition coefficient (Wildman–Crippen LogP) is 2.56. The summed E-state index contributed by atoms with van der Waals surface area (Å²) in [6, 6.07) is 9.64. The molecule has 1 aliphatic rings. The van der Waals surface area contributed by atoms with E-state index in [1.165, 1.54) is 22.6 Å². The Hall–Kier alpha value is -2.52. The molecule has 3 rings (SSSR count). The molecule has 138 valence electrons. The lowest BCUT2D eigenvalue weighted by molar-refractivity contribution is -0.384. The number of nitrogens with zero attached hydrogens (tertiary/aromatic N) is 3. The molecule has 1 aromatic heterocycles. The minimum absolute atomic E-state index is 0.0620. The molecule has 1 aromatic carbocycles. The molecule has 0 atom stereocenters. The highest BCUT2D eigenvalue weighted by molar-refractivity contribution is 7.89. The standard InChI is InChI=1S/C17H20N4O4S/c1-13-4-6-15(7-5-13)26(24,25)20-11-8-14(9-12-20)19-17-16(21(22)23)3-2-10-18-17/h2-7,10,14H,8-9,11-12H2,1H3,(H,18,19). The Kier molecular flexibility index (Phi) is 5.19. The summed E-state index contributed by atoms with van der Waals surface area (Å²) < 4.78 is 26.9.